The summed E-state index contributed by atoms with van der Waals surface area (Å²) in [4.78, 5) is 25.5. The highest BCUT2D eigenvalue weighted by atomic mass is 16.2. The number of benzene rings is 1. The lowest BCUT2D eigenvalue weighted by atomic mass is 10.1. The Morgan fingerprint density at radius 3 is 2.35 bits per heavy atom. The zero-order chi connectivity index (χ0) is 14.5. The average molecular weight is 275 g/mol. The maximum absolute atomic E-state index is 12.2. The van der Waals surface area contributed by atoms with Crippen LogP contribution in [0.2, 0.25) is 0 Å². The minimum Gasteiger partial charge on any atom is -0.325 e. The van der Waals surface area contributed by atoms with E-state index in [9.17, 15) is 9.59 Å². The Balaban J connectivity index is 1.94. The van der Waals surface area contributed by atoms with Crippen LogP contribution in [0.4, 0.5) is 5.69 Å². The molecule has 1 aliphatic rings. The molecule has 1 amide bonds. The van der Waals surface area contributed by atoms with Gasteiger partial charge in [0.2, 0.25) is 5.91 Å². The Bertz CT molecular complexity index is 478. The molecule has 0 aromatic heterocycles. The molecule has 1 unspecified atom stereocenters. The Morgan fingerprint density at radius 1 is 1.20 bits per heavy atom. The normalized spacial score (nSPS) is 17.5. The van der Waals surface area contributed by atoms with E-state index in [-0.39, 0.29) is 17.7 Å². The number of piperazine rings is 1. The first-order valence-electron chi connectivity index (χ1n) is 6.94. The number of nitrogens with one attached hydrogen (secondary N) is 2. The molecule has 1 aromatic rings. The summed E-state index contributed by atoms with van der Waals surface area (Å²) in [5, 5.41) is 6.16. The van der Waals surface area contributed by atoms with Crippen molar-refractivity contribution >= 4 is 17.4 Å². The Kier molecular flexibility index (Phi) is 4.87. The molecule has 0 saturated carbocycles. The van der Waals surface area contributed by atoms with Gasteiger partial charge in [0.05, 0.1) is 6.04 Å². The largest absolute Gasteiger partial charge is 0.325 e. The van der Waals surface area contributed by atoms with Crippen LogP contribution in [0.3, 0.4) is 0 Å². The van der Waals surface area contributed by atoms with Gasteiger partial charge >= 0.3 is 0 Å². The number of nitrogens with zero attached hydrogens (tertiary/aromatic N) is 1. The second kappa shape index (κ2) is 6.63. The van der Waals surface area contributed by atoms with Gasteiger partial charge in [-0.1, -0.05) is 0 Å². The number of hydrogen-bond donors (Lipinski definition) is 2. The van der Waals surface area contributed by atoms with E-state index in [1.165, 1.54) is 6.92 Å². The van der Waals surface area contributed by atoms with Gasteiger partial charge in [-0.25, -0.2) is 0 Å². The summed E-state index contributed by atoms with van der Waals surface area (Å²) in [5.74, 6) is 0.0135. The molecule has 0 bridgehead atoms. The monoisotopic (exact) mass is 275 g/mol. The molecule has 0 spiro atoms. The van der Waals surface area contributed by atoms with E-state index in [1.807, 2.05) is 6.92 Å². The van der Waals surface area contributed by atoms with Gasteiger partial charge in [-0.15, -0.1) is 0 Å². The van der Waals surface area contributed by atoms with Crippen molar-refractivity contribution in [1.82, 2.24) is 10.2 Å². The van der Waals surface area contributed by atoms with E-state index in [4.69, 9.17) is 0 Å². The summed E-state index contributed by atoms with van der Waals surface area (Å²) in [6, 6.07) is 6.84. The fourth-order valence-corrected chi connectivity index (χ4v) is 2.27. The fourth-order valence-electron chi connectivity index (χ4n) is 2.27. The molecular weight excluding hydrogens is 254 g/mol. The molecule has 2 N–H and O–H groups in total. The number of amides is 1. The summed E-state index contributed by atoms with van der Waals surface area (Å²) >= 11 is 0. The summed E-state index contributed by atoms with van der Waals surface area (Å²) in [5.41, 5.74) is 1.38. The lowest BCUT2D eigenvalue weighted by Gasteiger charge is -2.31. The van der Waals surface area contributed by atoms with Gasteiger partial charge < -0.3 is 10.6 Å². The second-order valence-corrected chi connectivity index (χ2v) is 5.08. The van der Waals surface area contributed by atoms with Crippen molar-refractivity contribution < 1.29 is 9.59 Å². The quantitative estimate of drug-likeness (QED) is 0.808. The van der Waals surface area contributed by atoms with Gasteiger partial charge in [0.1, 0.15) is 0 Å². The van der Waals surface area contributed by atoms with Crippen LogP contribution >= 0.6 is 0 Å². The van der Waals surface area contributed by atoms with Crippen molar-refractivity contribution in [1.29, 1.82) is 0 Å². The third-order valence-electron chi connectivity index (χ3n) is 3.64. The summed E-state index contributed by atoms with van der Waals surface area (Å²) in [6.07, 6.45) is 0. The molecule has 1 aromatic carbocycles. The van der Waals surface area contributed by atoms with E-state index in [1.54, 1.807) is 24.3 Å². The van der Waals surface area contributed by atoms with E-state index in [0.29, 0.717) is 5.56 Å². The van der Waals surface area contributed by atoms with Crippen LogP contribution in [0.5, 0.6) is 0 Å². The minimum atomic E-state index is -0.149. The molecule has 0 radical (unpaired) electrons. The SMILES string of the molecule is CC(=O)c1ccc(NC(=O)C(C)N2CCNCC2)cc1. The molecule has 1 fully saturated rings. The van der Waals surface area contributed by atoms with Crippen LogP contribution in [0, 0.1) is 0 Å². The first-order valence-corrected chi connectivity index (χ1v) is 6.94. The van der Waals surface area contributed by atoms with Crippen molar-refractivity contribution in [2.45, 2.75) is 19.9 Å². The van der Waals surface area contributed by atoms with Gasteiger partial charge in [-0.05, 0) is 38.1 Å². The first kappa shape index (κ1) is 14.7. The zero-order valence-electron chi connectivity index (χ0n) is 12.0. The van der Waals surface area contributed by atoms with Crippen LogP contribution < -0.4 is 10.6 Å². The smallest absolute Gasteiger partial charge is 0.241 e. The number of hydrogen-bond acceptors (Lipinski definition) is 4. The van der Waals surface area contributed by atoms with Crippen LogP contribution in [0.1, 0.15) is 24.2 Å². The molecule has 5 nitrogen and oxygen atoms in total. The highest BCUT2D eigenvalue weighted by Gasteiger charge is 2.22. The Morgan fingerprint density at radius 2 is 1.80 bits per heavy atom. The first-order chi connectivity index (χ1) is 9.58. The van der Waals surface area contributed by atoms with E-state index in [0.717, 1.165) is 31.9 Å². The van der Waals surface area contributed by atoms with Crippen LogP contribution in [-0.2, 0) is 4.79 Å². The summed E-state index contributed by atoms with van der Waals surface area (Å²) < 4.78 is 0. The number of carbonyl (C=O) groups is 2. The van der Waals surface area contributed by atoms with Gasteiger partial charge in [0.15, 0.2) is 5.78 Å². The number of Topliss-reactive ketones (excluding diaryl/α,β-unsaturated/α-hetero) is 1. The number of ketones is 1. The highest BCUT2D eigenvalue weighted by molar-refractivity contribution is 5.96. The topological polar surface area (TPSA) is 61.4 Å². The average Bonchev–Trinajstić information content (AvgIpc) is 2.48. The van der Waals surface area contributed by atoms with E-state index in [2.05, 4.69) is 15.5 Å². The van der Waals surface area contributed by atoms with Crippen LogP contribution in [0.25, 0.3) is 0 Å². The number of anilines is 1. The molecule has 20 heavy (non-hydrogen) atoms. The highest BCUT2D eigenvalue weighted by Crippen LogP contribution is 2.11. The Hall–Kier alpha value is -1.72. The second-order valence-electron chi connectivity index (χ2n) is 5.08. The zero-order valence-corrected chi connectivity index (χ0v) is 12.0. The standard InChI is InChI=1S/C15H21N3O2/c1-11(18-9-7-16-8-10-18)15(20)17-14-5-3-13(4-6-14)12(2)19/h3-6,11,16H,7-10H2,1-2H3,(H,17,20). The molecule has 0 aliphatic carbocycles. The molecule has 5 heteroatoms. The molecule has 2 rings (SSSR count). The Labute approximate surface area is 119 Å². The van der Waals surface area contributed by atoms with Crippen LogP contribution in [0.15, 0.2) is 24.3 Å². The lowest BCUT2D eigenvalue weighted by molar-refractivity contribution is -0.120. The molecule has 1 saturated heterocycles. The minimum absolute atomic E-state index is 0.0116. The van der Waals surface area contributed by atoms with Crippen molar-refractivity contribution in [3.05, 3.63) is 29.8 Å². The van der Waals surface area contributed by atoms with Gasteiger partial charge in [-0.3, -0.25) is 14.5 Å². The molecule has 108 valence electrons. The number of carbonyl (C=O) groups excluding carboxylic acids is 2. The van der Waals surface area contributed by atoms with Gasteiger partial charge in [0.25, 0.3) is 0 Å². The predicted octanol–water partition coefficient (Wildman–Crippen LogP) is 1.12. The van der Waals surface area contributed by atoms with Crippen molar-refractivity contribution in [2.24, 2.45) is 0 Å². The third-order valence-corrected chi connectivity index (χ3v) is 3.64. The van der Waals surface area contributed by atoms with Crippen LogP contribution in [-0.4, -0.2) is 48.8 Å². The van der Waals surface area contributed by atoms with Gasteiger partial charge in [-0.2, -0.15) is 0 Å². The third kappa shape index (κ3) is 3.65. The summed E-state index contributed by atoms with van der Waals surface area (Å²) in [7, 11) is 0. The van der Waals surface area contributed by atoms with Crippen molar-refractivity contribution in [2.75, 3.05) is 31.5 Å². The maximum atomic E-state index is 12.2. The van der Waals surface area contributed by atoms with Crippen molar-refractivity contribution in [3.63, 3.8) is 0 Å². The summed E-state index contributed by atoms with van der Waals surface area (Å²) in [6.45, 7) is 7.07. The molecule has 1 heterocycles. The number of rotatable bonds is 4. The molecular formula is C15H21N3O2. The van der Waals surface area contributed by atoms with Crippen molar-refractivity contribution in [3.8, 4) is 0 Å². The fraction of sp³-hybridized carbons (Fsp3) is 0.467. The molecule has 1 aliphatic heterocycles. The van der Waals surface area contributed by atoms with Gasteiger partial charge in [0, 0.05) is 37.4 Å². The maximum Gasteiger partial charge on any atom is 0.241 e. The van der Waals surface area contributed by atoms with E-state index >= 15 is 0 Å². The lowest BCUT2D eigenvalue weighted by Crippen LogP contribution is -2.51. The predicted molar refractivity (Wildman–Crippen MR) is 79.0 cm³/mol. The van der Waals surface area contributed by atoms with E-state index < -0.39 is 0 Å². The molecule has 1 atom stereocenters.